The molecule has 1 aromatic carbocycles. The van der Waals surface area contributed by atoms with Gasteiger partial charge in [0, 0.05) is 25.4 Å². The molecule has 160 valence electrons. The lowest BCUT2D eigenvalue weighted by Gasteiger charge is -2.29. The average Bonchev–Trinajstić information content (AvgIpc) is 3.40. The molecule has 30 heavy (non-hydrogen) atoms. The number of fused-ring (bicyclic) bond motifs is 1. The van der Waals surface area contributed by atoms with Gasteiger partial charge in [-0.05, 0) is 36.1 Å². The summed E-state index contributed by atoms with van der Waals surface area (Å²) in [6.45, 7) is -0.185. The second-order valence-corrected chi connectivity index (χ2v) is 8.29. The number of carbonyl (C=O) groups is 2. The molecule has 4 rings (SSSR count). The second-order valence-electron chi connectivity index (χ2n) is 8.29. The monoisotopic (exact) mass is 419 g/mol. The van der Waals surface area contributed by atoms with Crippen LogP contribution in [0.25, 0.3) is 0 Å². The van der Waals surface area contributed by atoms with Crippen LogP contribution in [0.4, 0.5) is 13.2 Å². The quantitative estimate of drug-likeness (QED) is 0.707. The van der Waals surface area contributed by atoms with Gasteiger partial charge in [0.05, 0.1) is 23.7 Å². The summed E-state index contributed by atoms with van der Waals surface area (Å²) in [5.74, 6) is -0.356. The third-order valence-electron chi connectivity index (χ3n) is 6.20. The van der Waals surface area contributed by atoms with Crippen LogP contribution >= 0.6 is 0 Å². The standard InChI is InChI=1S/C22H24F3N3O2/c1-27-10-9-15(26-27)12-20(29)19(11-14-5-2-3-6-14)28-13-17-16(21(28)30)7-4-8-18(17)22(23,24)25/h4,7-10,14,19H,2-3,5-6,11-13H2,1H3/t19-/m0/s1. The van der Waals surface area contributed by atoms with Crippen molar-refractivity contribution >= 4 is 11.7 Å². The van der Waals surface area contributed by atoms with Crippen molar-refractivity contribution in [1.29, 1.82) is 0 Å². The van der Waals surface area contributed by atoms with Gasteiger partial charge in [0.1, 0.15) is 0 Å². The molecule has 0 N–H and O–H groups in total. The lowest BCUT2D eigenvalue weighted by molar-refractivity contribution is -0.138. The number of ketones is 1. The van der Waals surface area contributed by atoms with Crippen molar-refractivity contribution in [2.75, 3.05) is 0 Å². The molecular formula is C22H24F3N3O2. The topological polar surface area (TPSA) is 55.2 Å². The molecule has 2 aliphatic rings. The number of benzene rings is 1. The number of rotatable bonds is 6. The number of aryl methyl sites for hydroxylation is 1. The SMILES string of the molecule is Cn1ccc(CC(=O)[C@H](CC2CCCC2)N2Cc3c(cccc3C(F)(F)F)C2=O)n1. The zero-order valence-corrected chi connectivity index (χ0v) is 16.8. The summed E-state index contributed by atoms with van der Waals surface area (Å²) < 4.78 is 42.0. The van der Waals surface area contributed by atoms with E-state index in [0.29, 0.717) is 18.0 Å². The van der Waals surface area contributed by atoms with Crippen LogP contribution < -0.4 is 0 Å². The van der Waals surface area contributed by atoms with Gasteiger partial charge in [-0.2, -0.15) is 18.3 Å². The van der Waals surface area contributed by atoms with Gasteiger partial charge in [0.25, 0.3) is 5.91 Å². The van der Waals surface area contributed by atoms with E-state index in [0.717, 1.165) is 31.7 Å². The number of carbonyl (C=O) groups excluding carboxylic acids is 2. The molecule has 1 fully saturated rings. The Morgan fingerprint density at radius 3 is 2.60 bits per heavy atom. The fraction of sp³-hybridized carbons (Fsp3) is 0.500. The Kier molecular flexibility index (Phi) is 5.42. The van der Waals surface area contributed by atoms with Crippen molar-refractivity contribution in [3.8, 4) is 0 Å². The number of amides is 1. The summed E-state index contributed by atoms with van der Waals surface area (Å²) in [5.41, 5.74) is -0.185. The maximum absolute atomic E-state index is 13.5. The minimum Gasteiger partial charge on any atom is -0.324 e. The molecule has 8 heteroatoms. The maximum Gasteiger partial charge on any atom is 0.416 e. The van der Waals surface area contributed by atoms with E-state index < -0.39 is 23.7 Å². The molecule has 0 unspecified atom stereocenters. The van der Waals surface area contributed by atoms with Gasteiger partial charge in [0.15, 0.2) is 5.78 Å². The van der Waals surface area contributed by atoms with Crippen LogP contribution in [0, 0.1) is 5.92 Å². The molecule has 0 saturated heterocycles. The summed E-state index contributed by atoms with van der Waals surface area (Å²) in [7, 11) is 1.75. The van der Waals surface area contributed by atoms with Crippen molar-refractivity contribution in [3.05, 3.63) is 52.8 Å². The molecule has 1 aromatic heterocycles. The Morgan fingerprint density at radius 1 is 1.23 bits per heavy atom. The number of halogens is 3. The molecule has 0 bridgehead atoms. The molecule has 1 atom stereocenters. The van der Waals surface area contributed by atoms with Crippen molar-refractivity contribution in [2.24, 2.45) is 13.0 Å². The van der Waals surface area contributed by atoms with Gasteiger partial charge in [-0.25, -0.2) is 0 Å². The molecule has 1 aliphatic heterocycles. The van der Waals surface area contributed by atoms with Gasteiger partial charge < -0.3 is 4.90 Å². The first-order chi connectivity index (χ1) is 14.2. The Morgan fingerprint density at radius 2 is 1.97 bits per heavy atom. The smallest absolute Gasteiger partial charge is 0.324 e. The second kappa shape index (κ2) is 7.89. The van der Waals surface area contributed by atoms with E-state index in [1.165, 1.54) is 17.0 Å². The number of hydrogen-bond acceptors (Lipinski definition) is 3. The Hall–Kier alpha value is -2.64. The highest BCUT2D eigenvalue weighted by atomic mass is 19.4. The zero-order valence-electron chi connectivity index (χ0n) is 16.8. The van der Waals surface area contributed by atoms with Crippen LogP contribution in [0.1, 0.15) is 59.3 Å². The molecule has 1 saturated carbocycles. The number of nitrogens with zero attached hydrogens (tertiary/aromatic N) is 3. The minimum absolute atomic E-state index is 0.0305. The van der Waals surface area contributed by atoms with Gasteiger partial charge in [-0.15, -0.1) is 0 Å². The van der Waals surface area contributed by atoms with Crippen LogP contribution in [-0.4, -0.2) is 32.4 Å². The molecule has 2 heterocycles. The van der Waals surface area contributed by atoms with Gasteiger partial charge >= 0.3 is 6.18 Å². The lowest BCUT2D eigenvalue weighted by atomic mass is 9.93. The van der Waals surface area contributed by atoms with Crippen molar-refractivity contribution in [2.45, 2.75) is 57.3 Å². The van der Waals surface area contributed by atoms with E-state index >= 15 is 0 Å². The summed E-state index contributed by atoms with van der Waals surface area (Å²) >= 11 is 0. The van der Waals surface area contributed by atoms with E-state index in [1.54, 1.807) is 24.0 Å². The van der Waals surface area contributed by atoms with Gasteiger partial charge in [-0.1, -0.05) is 31.7 Å². The van der Waals surface area contributed by atoms with Crippen molar-refractivity contribution in [3.63, 3.8) is 0 Å². The molecule has 5 nitrogen and oxygen atoms in total. The van der Waals surface area contributed by atoms with E-state index in [-0.39, 0.29) is 29.9 Å². The fourth-order valence-electron chi connectivity index (χ4n) is 4.72. The summed E-state index contributed by atoms with van der Waals surface area (Å²) in [6.07, 6.45) is 1.88. The van der Waals surface area contributed by atoms with Crippen LogP contribution in [-0.2, 0) is 31.0 Å². The molecular weight excluding hydrogens is 395 g/mol. The first kappa shape index (κ1) is 20.6. The highest BCUT2D eigenvalue weighted by molar-refractivity contribution is 6.02. The number of aromatic nitrogens is 2. The Labute approximate surface area is 172 Å². The molecule has 1 aliphatic carbocycles. The maximum atomic E-state index is 13.5. The Bertz CT molecular complexity index is 961. The average molecular weight is 419 g/mol. The molecule has 0 spiro atoms. The normalized spacial score (nSPS) is 18.1. The number of hydrogen-bond donors (Lipinski definition) is 0. The largest absolute Gasteiger partial charge is 0.416 e. The molecule has 1 amide bonds. The van der Waals surface area contributed by atoms with Crippen LogP contribution in [0.3, 0.4) is 0 Å². The van der Waals surface area contributed by atoms with E-state index in [4.69, 9.17) is 0 Å². The highest BCUT2D eigenvalue weighted by Gasteiger charge is 2.43. The lowest BCUT2D eigenvalue weighted by Crippen LogP contribution is -2.43. The summed E-state index contributed by atoms with van der Waals surface area (Å²) in [5, 5.41) is 4.24. The van der Waals surface area contributed by atoms with E-state index in [9.17, 15) is 22.8 Å². The third kappa shape index (κ3) is 4.00. The number of alkyl halides is 3. The first-order valence-electron chi connectivity index (χ1n) is 10.3. The van der Waals surface area contributed by atoms with Crippen molar-refractivity contribution < 1.29 is 22.8 Å². The van der Waals surface area contributed by atoms with Crippen LogP contribution in [0.5, 0.6) is 0 Å². The summed E-state index contributed by atoms with van der Waals surface area (Å²) in [4.78, 5) is 27.6. The first-order valence-corrected chi connectivity index (χ1v) is 10.3. The van der Waals surface area contributed by atoms with E-state index in [1.807, 2.05) is 0 Å². The predicted molar refractivity (Wildman–Crippen MR) is 104 cm³/mol. The Balaban J connectivity index is 1.63. The summed E-state index contributed by atoms with van der Waals surface area (Å²) in [6, 6.07) is 4.67. The van der Waals surface area contributed by atoms with Crippen LogP contribution in [0.15, 0.2) is 30.5 Å². The zero-order chi connectivity index (χ0) is 21.5. The molecule has 0 radical (unpaired) electrons. The third-order valence-corrected chi connectivity index (χ3v) is 6.20. The van der Waals surface area contributed by atoms with Crippen molar-refractivity contribution in [1.82, 2.24) is 14.7 Å². The minimum atomic E-state index is -4.54. The predicted octanol–water partition coefficient (Wildman–Crippen LogP) is 4.16. The fourth-order valence-corrected chi connectivity index (χ4v) is 4.72. The van der Waals surface area contributed by atoms with E-state index in [2.05, 4.69) is 5.10 Å². The highest BCUT2D eigenvalue weighted by Crippen LogP contribution is 2.39. The van der Waals surface area contributed by atoms with Gasteiger partial charge in [-0.3, -0.25) is 14.3 Å². The van der Waals surface area contributed by atoms with Gasteiger partial charge in [0.2, 0.25) is 0 Å². The molecule has 2 aromatic rings. The van der Waals surface area contributed by atoms with Crippen LogP contribution in [0.2, 0.25) is 0 Å². The number of Topliss-reactive ketones (excluding diaryl/α,β-unsaturated/α-hetero) is 1.